The molecule has 0 saturated carbocycles. The number of rotatable bonds is 9. The number of aliphatic hydroxyl groups is 1. The zero-order valence-corrected chi connectivity index (χ0v) is 23.8. The molecular formula is C26H33Cl4N5O2. The molecule has 7 nitrogen and oxygen atoms in total. The summed E-state index contributed by atoms with van der Waals surface area (Å²) < 4.78 is 1.96. The number of aliphatic hydroxyl groups excluding tert-OH is 1. The SMILES string of the molecule is CCCc1nc(C(=O)NCC(O)CN2CCN(c3cccc(Cl)c3Cl)CC2)cn1-c1ccccc1.Cl.Cl. The molecule has 202 valence electrons. The summed E-state index contributed by atoms with van der Waals surface area (Å²) in [7, 11) is 0. The number of hydrogen-bond donors (Lipinski definition) is 2. The number of carbonyl (C=O) groups excluding carboxylic acids is 1. The van der Waals surface area contributed by atoms with E-state index in [1.54, 1.807) is 12.3 Å². The molecule has 0 radical (unpaired) electrons. The molecule has 0 bridgehead atoms. The van der Waals surface area contributed by atoms with Gasteiger partial charge in [0, 0.05) is 57.6 Å². The van der Waals surface area contributed by atoms with Crippen molar-refractivity contribution in [2.75, 3.05) is 44.2 Å². The van der Waals surface area contributed by atoms with Crippen LogP contribution in [0.15, 0.2) is 54.7 Å². The number of nitrogens with zero attached hydrogens (tertiary/aromatic N) is 4. The van der Waals surface area contributed by atoms with Gasteiger partial charge in [-0.25, -0.2) is 4.98 Å². The van der Waals surface area contributed by atoms with Crippen molar-refractivity contribution in [3.05, 3.63) is 76.3 Å². The van der Waals surface area contributed by atoms with Gasteiger partial charge in [0.05, 0.1) is 21.8 Å². The Morgan fingerprint density at radius 3 is 2.43 bits per heavy atom. The minimum absolute atomic E-state index is 0. The van der Waals surface area contributed by atoms with Gasteiger partial charge in [-0.1, -0.05) is 54.4 Å². The number of anilines is 1. The van der Waals surface area contributed by atoms with E-state index in [2.05, 4.69) is 27.0 Å². The lowest BCUT2D eigenvalue weighted by atomic mass is 10.2. The summed E-state index contributed by atoms with van der Waals surface area (Å²) in [5.41, 5.74) is 2.27. The van der Waals surface area contributed by atoms with E-state index in [9.17, 15) is 9.90 Å². The zero-order valence-electron chi connectivity index (χ0n) is 20.6. The second-order valence-electron chi connectivity index (χ2n) is 8.72. The van der Waals surface area contributed by atoms with Gasteiger partial charge in [0.25, 0.3) is 5.91 Å². The Balaban J connectivity index is 0.00000241. The third kappa shape index (κ3) is 7.99. The monoisotopic (exact) mass is 587 g/mol. The molecule has 1 aliphatic heterocycles. The standard InChI is InChI=1S/C26H31Cl2N5O2.2ClH/c1-2-7-24-30-22(18-33(24)19-8-4-3-5-9-19)26(35)29-16-20(34)17-31-12-14-32(15-13-31)23-11-6-10-21(27)25(23)28;;/h3-6,8-11,18,20,34H,2,7,12-17H2,1H3,(H,29,35);2*1H. The molecule has 11 heteroatoms. The first kappa shape index (κ1) is 31.2. The summed E-state index contributed by atoms with van der Waals surface area (Å²) in [6.07, 6.45) is 2.80. The Hall–Kier alpha value is -2.00. The van der Waals surface area contributed by atoms with Crippen molar-refractivity contribution >= 4 is 59.6 Å². The number of piperazine rings is 1. The van der Waals surface area contributed by atoms with Crippen LogP contribution in [0, 0.1) is 0 Å². The molecule has 0 aliphatic carbocycles. The predicted molar refractivity (Wildman–Crippen MR) is 156 cm³/mol. The minimum atomic E-state index is -0.674. The molecule has 0 spiro atoms. The van der Waals surface area contributed by atoms with Crippen molar-refractivity contribution in [3.8, 4) is 5.69 Å². The number of benzene rings is 2. The van der Waals surface area contributed by atoms with E-state index >= 15 is 0 Å². The molecule has 37 heavy (non-hydrogen) atoms. The van der Waals surface area contributed by atoms with Crippen LogP contribution in [0.25, 0.3) is 5.69 Å². The molecule has 2 N–H and O–H groups in total. The average molecular weight is 589 g/mol. The molecule has 3 aromatic rings. The molecule has 2 heterocycles. The van der Waals surface area contributed by atoms with Crippen molar-refractivity contribution in [2.24, 2.45) is 0 Å². The van der Waals surface area contributed by atoms with Gasteiger partial charge in [-0.15, -0.1) is 24.8 Å². The van der Waals surface area contributed by atoms with Gasteiger partial charge in [-0.2, -0.15) is 0 Å². The second kappa shape index (κ2) is 14.8. The van der Waals surface area contributed by atoms with Crippen LogP contribution in [0.3, 0.4) is 0 Å². The molecular weight excluding hydrogens is 556 g/mol. The number of β-amino-alcohol motifs (C(OH)–C–C–N with tert-alkyl or cyclic N) is 1. The summed E-state index contributed by atoms with van der Waals surface area (Å²) in [4.78, 5) is 21.7. The van der Waals surface area contributed by atoms with Crippen LogP contribution in [0.4, 0.5) is 5.69 Å². The van der Waals surface area contributed by atoms with Crippen LogP contribution in [0.1, 0.15) is 29.7 Å². The number of carbonyl (C=O) groups is 1. The smallest absolute Gasteiger partial charge is 0.271 e. The maximum Gasteiger partial charge on any atom is 0.271 e. The van der Waals surface area contributed by atoms with E-state index in [-0.39, 0.29) is 37.3 Å². The molecule has 4 rings (SSSR count). The Morgan fingerprint density at radius 2 is 1.76 bits per heavy atom. The maximum absolute atomic E-state index is 12.8. The third-order valence-electron chi connectivity index (χ3n) is 6.13. The van der Waals surface area contributed by atoms with Crippen LogP contribution < -0.4 is 10.2 Å². The number of para-hydroxylation sites is 1. The zero-order chi connectivity index (χ0) is 24.8. The van der Waals surface area contributed by atoms with Gasteiger partial charge < -0.3 is 19.9 Å². The number of amides is 1. The summed E-state index contributed by atoms with van der Waals surface area (Å²) in [5.74, 6) is 0.568. The van der Waals surface area contributed by atoms with Crippen molar-refractivity contribution in [3.63, 3.8) is 0 Å². The van der Waals surface area contributed by atoms with E-state index in [1.165, 1.54) is 0 Å². The highest BCUT2D eigenvalue weighted by Gasteiger charge is 2.22. The van der Waals surface area contributed by atoms with Gasteiger partial charge in [-0.3, -0.25) is 9.69 Å². The fraction of sp³-hybridized carbons (Fsp3) is 0.385. The van der Waals surface area contributed by atoms with E-state index in [0.29, 0.717) is 22.3 Å². The van der Waals surface area contributed by atoms with E-state index in [4.69, 9.17) is 23.2 Å². The summed E-state index contributed by atoms with van der Waals surface area (Å²) >= 11 is 12.5. The molecule has 1 fully saturated rings. The molecule has 1 unspecified atom stereocenters. The van der Waals surface area contributed by atoms with Crippen LogP contribution in [0.2, 0.25) is 10.0 Å². The largest absolute Gasteiger partial charge is 0.390 e. The molecule has 1 amide bonds. The normalized spacial score (nSPS) is 14.4. The summed E-state index contributed by atoms with van der Waals surface area (Å²) in [6, 6.07) is 15.5. The highest BCUT2D eigenvalue weighted by molar-refractivity contribution is 6.43. The van der Waals surface area contributed by atoms with Crippen molar-refractivity contribution in [1.29, 1.82) is 0 Å². The van der Waals surface area contributed by atoms with Gasteiger partial charge in [-0.05, 0) is 30.7 Å². The van der Waals surface area contributed by atoms with Gasteiger partial charge in [0.15, 0.2) is 0 Å². The highest BCUT2D eigenvalue weighted by Crippen LogP contribution is 2.32. The lowest BCUT2D eigenvalue weighted by Crippen LogP contribution is -2.50. The Morgan fingerprint density at radius 1 is 1.05 bits per heavy atom. The first-order valence-electron chi connectivity index (χ1n) is 12.0. The molecule has 2 aromatic carbocycles. The van der Waals surface area contributed by atoms with E-state index in [1.807, 2.05) is 47.0 Å². The van der Waals surface area contributed by atoms with E-state index in [0.717, 1.165) is 56.2 Å². The third-order valence-corrected chi connectivity index (χ3v) is 6.94. The minimum Gasteiger partial charge on any atom is -0.390 e. The quantitative estimate of drug-likeness (QED) is 0.372. The first-order chi connectivity index (χ1) is 17.0. The maximum atomic E-state index is 12.8. The number of halogens is 4. The lowest BCUT2D eigenvalue weighted by molar-refractivity contribution is 0.0848. The number of aryl methyl sites for hydroxylation is 1. The van der Waals surface area contributed by atoms with Crippen molar-refractivity contribution < 1.29 is 9.90 Å². The fourth-order valence-electron chi connectivity index (χ4n) is 4.31. The lowest BCUT2D eigenvalue weighted by Gasteiger charge is -2.37. The molecule has 1 aromatic heterocycles. The van der Waals surface area contributed by atoms with Gasteiger partial charge >= 0.3 is 0 Å². The average Bonchev–Trinajstić information content (AvgIpc) is 3.30. The fourth-order valence-corrected chi connectivity index (χ4v) is 4.73. The van der Waals surface area contributed by atoms with Crippen LogP contribution in [0.5, 0.6) is 0 Å². The number of nitrogens with one attached hydrogen (secondary N) is 1. The topological polar surface area (TPSA) is 73.6 Å². The summed E-state index contributed by atoms with van der Waals surface area (Å²) in [5, 5.41) is 14.5. The number of aromatic nitrogens is 2. The van der Waals surface area contributed by atoms with E-state index < -0.39 is 6.10 Å². The Kier molecular flexibility index (Phi) is 12.5. The first-order valence-corrected chi connectivity index (χ1v) is 12.7. The second-order valence-corrected chi connectivity index (χ2v) is 9.51. The van der Waals surface area contributed by atoms with Crippen LogP contribution in [-0.2, 0) is 6.42 Å². The molecule has 1 saturated heterocycles. The number of hydrogen-bond acceptors (Lipinski definition) is 5. The van der Waals surface area contributed by atoms with Crippen LogP contribution in [-0.4, -0.2) is 70.8 Å². The summed E-state index contributed by atoms with van der Waals surface area (Å²) in [6.45, 7) is 5.89. The van der Waals surface area contributed by atoms with Crippen LogP contribution >= 0.6 is 48.0 Å². The Labute approximate surface area is 240 Å². The molecule has 1 aliphatic rings. The van der Waals surface area contributed by atoms with Gasteiger partial charge in [0.2, 0.25) is 0 Å². The molecule has 1 atom stereocenters. The van der Waals surface area contributed by atoms with Crippen molar-refractivity contribution in [2.45, 2.75) is 25.9 Å². The number of imidazole rings is 1. The predicted octanol–water partition coefficient (Wildman–Crippen LogP) is 4.89. The van der Waals surface area contributed by atoms with Gasteiger partial charge in [0.1, 0.15) is 11.5 Å². The van der Waals surface area contributed by atoms with Crippen molar-refractivity contribution in [1.82, 2.24) is 19.8 Å². The highest BCUT2D eigenvalue weighted by atomic mass is 35.5. The Bertz CT molecular complexity index is 1140.